The largest absolute Gasteiger partial charge is 0.360 e. The van der Waals surface area contributed by atoms with Crippen LogP contribution in [0, 0.1) is 0 Å². The normalized spacial score (nSPS) is 12.1. The summed E-state index contributed by atoms with van der Waals surface area (Å²) in [5.74, 6) is 2.42. The summed E-state index contributed by atoms with van der Waals surface area (Å²) >= 11 is 0. The average molecular weight is 328 g/mol. The van der Waals surface area contributed by atoms with Gasteiger partial charge in [0.1, 0.15) is 6.73 Å². The molecule has 22 heavy (non-hydrogen) atoms. The molecule has 128 valence electrons. The van der Waals surface area contributed by atoms with Gasteiger partial charge in [0.05, 0.1) is 24.0 Å². The summed E-state index contributed by atoms with van der Waals surface area (Å²) in [7, 11) is -0.476. The lowest BCUT2D eigenvalue weighted by atomic mass is 10.2. The Morgan fingerprint density at radius 3 is 2.68 bits per heavy atom. The summed E-state index contributed by atoms with van der Waals surface area (Å²) in [6, 6.07) is 6.15. The van der Waals surface area contributed by atoms with Gasteiger partial charge in [0.2, 0.25) is 0 Å². The Bertz CT molecular complexity index is 572. The topological polar surface area (TPSA) is 53.1 Å². The molecule has 2 N–H and O–H groups in total. The van der Waals surface area contributed by atoms with E-state index in [1.165, 1.54) is 5.75 Å². The monoisotopic (exact) mass is 327 g/mol. The van der Waals surface area contributed by atoms with E-state index in [0.29, 0.717) is 13.3 Å². The molecule has 0 aliphatic rings. The van der Waals surface area contributed by atoms with Crippen LogP contribution in [0.2, 0.25) is 0 Å². The smallest absolute Gasteiger partial charge is 0.124 e. The van der Waals surface area contributed by atoms with Crippen molar-refractivity contribution in [2.24, 2.45) is 5.73 Å². The van der Waals surface area contributed by atoms with E-state index in [9.17, 15) is 0 Å². The van der Waals surface area contributed by atoms with E-state index in [0.717, 1.165) is 29.0 Å². The number of imidazole rings is 1. The number of ether oxygens (including phenoxy) is 1. The average Bonchev–Trinajstić information content (AvgIpc) is 2.95. The molecule has 0 radical (unpaired) electrons. The number of aromatic nitrogens is 2. The van der Waals surface area contributed by atoms with Gasteiger partial charge in [0.25, 0.3) is 0 Å². The molecule has 1 heterocycles. The van der Waals surface area contributed by atoms with E-state index in [2.05, 4.69) is 30.5 Å². The molecule has 0 amide bonds. The van der Waals surface area contributed by atoms with Crippen molar-refractivity contribution in [3.8, 4) is 0 Å². The molecule has 2 aromatic rings. The van der Waals surface area contributed by atoms with Crippen molar-refractivity contribution in [1.29, 1.82) is 0 Å². The quantitative estimate of drug-likeness (QED) is 0.786. The third-order valence-electron chi connectivity index (χ3n) is 3.71. The molecule has 0 aliphatic heterocycles. The molecule has 0 aliphatic carbocycles. The zero-order chi connectivity index (χ0) is 16.6. The first-order valence-electron chi connectivity index (χ1n) is 7.96. The number of hydrogen-bond donors (Lipinski definition) is 1. The molecule has 0 unspecified atom stereocenters. The molecule has 4 nitrogen and oxygen atoms in total. The predicted octanol–water partition coefficient (Wildman–Crippen LogP) is 3.83. The first-order chi connectivity index (χ1) is 10.6. The molecule has 1 aromatic carbocycles. The van der Waals surface area contributed by atoms with Gasteiger partial charge in [-0.05, 0) is 36.0 Å². The van der Waals surface area contributed by atoms with Gasteiger partial charge in [-0.15, -0.1) is 0 Å². The van der Waals surface area contributed by atoms with Gasteiger partial charge in [-0.2, -0.15) is 0 Å². The van der Waals surface area contributed by atoms with Crippen LogP contribution in [0.4, 0.5) is 0 Å². The summed E-state index contributed by atoms with van der Waals surface area (Å²) in [5, 5.41) is 0. The fourth-order valence-electron chi connectivity index (χ4n) is 1.93. The van der Waals surface area contributed by atoms with Crippen LogP contribution in [0.1, 0.15) is 27.8 Å². The summed E-state index contributed by atoms with van der Waals surface area (Å²) in [4.78, 5) is 4.40. The van der Waals surface area contributed by atoms with Crippen LogP contribution in [-0.2, 0) is 18.0 Å². The highest BCUT2D eigenvalue weighted by Crippen LogP contribution is 2.38. The van der Waals surface area contributed by atoms with Crippen LogP contribution in [0.5, 0.6) is 0 Å². The van der Waals surface area contributed by atoms with Crippen molar-refractivity contribution in [3.63, 3.8) is 0 Å². The van der Waals surface area contributed by atoms with Crippen LogP contribution in [0.15, 0.2) is 24.5 Å². The first kappa shape index (κ1) is 19.0. The maximum absolute atomic E-state index is 5.80. The molecule has 0 spiro atoms. The van der Waals surface area contributed by atoms with Gasteiger partial charge in [-0.3, -0.25) is 0 Å². The second-order valence-electron chi connectivity index (χ2n) is 5.54. The van der Waals surface area contributed by atoms with Gasteiger partial charge in [-0.1, -0.05) is 26.8 Å². The van der Waals surface area contributed by atoms with Crippen molar-refractivity contribution >= 4 is 21.1 Å². The minimum absolute atomic E-state index is 0. The lowest BCUT2D eigenvalue weighted by molar-refractivity contribution is 0.0923. The van der Waals surface area contributed by atoms with E-state index in [-0.39, 0.29) is 1.43 Å². The Balaban J connectivity index is 0.00000155. The van der Waals surface area contributed by atoms with Crippen molar-refractivity contribution in [2.75, 3.05) is 30.6 Å². The lowest BCUT2D eigenvalue weighted by Gasteiger charge is -2.29. The summed E-state index contributed by atoms with van der Waals surface area (Å²) in [6.07, 6.45) is 6.55. The molecule has 2 rings (SSSR count). The second kappa shape index (κ2) is 9.18. The van der Waals surface area contributed by atoms with E-state index in [1.807, 2.05) is 36.9 Å². The fourth-order valence-corrected chi connectivity index (χ4v) is 2.79. The van der Waals surface area contributed by atoms with Crippen molar-refractivity contribution in [2.45, 2.75) is 34.0 Å². The van der Waals surface area contributed by atoms with Crippen LogP contribution >= 0.6 is 10.0 Å². The SMILES string of the molecule is CC.CCS(C)(C)CCOCn1cnc2cc(CN)ccc21.[HH]. The molecule has 0 atom stereocenters. The van der Waals surface area contributed by atoms with Gasteiger partial charge in [-0.25, -0.2) is 15.0 Å². The van der Waals surface area contributed by atoms with E-state index in [4.69, 9.17) is 10.5 Å². The van der Waals surface area contributed by atoms with Crippen LogP contribution in [-0.4, -0.2) is 40.2 Å². The number of rotatable bonds is 7. The van der Waals surface area contributed by atoms with Crippen molar-refractivity contribution in [3.05, 3.63) is 30.1 Å². The first-order valence-corrected chi connectivity index (χ1v) is 10.7. The van der Waals surface area contributed by atoms with Crippen molar-refractivity contribution in [1.82, 2.24) is 9.55 Å². The molecule has 0 saturated heterocycles. The maximum Gasteiger partial charge on any atom is 0.124 e. The molecule has 1 aromatic heterocycles. The highest BCUT2D eigenvalue weighted by molar-refractivity contribution is 8.32. The molecule has 5 heteroatoms. The minimum Gasteiger partial charge on any atom is -0.360 e. The molecule has 0 saturated carbocycles. The summed E-state index contributed by atoms with van der Waals surface area (Å²) in [6.45, 7) is 8.19. The Labute approximate surface area is 137 Å². The third kappa shape index (κ3) is 5.30. The highest BCUT2D eigenvalue weighted by Gasteiger charge is 2.08. The molecule has 0 bridgehead atoms. The molecular weight excluding hydrogens is 294 g/mol. The number of nitrogens with two attached hydrogens (primary N) is 1. The van der Waals surface area contributed by atoms with E-state index < -0.39 is 10.0 Å². The Morgan fingerprint density at radius 2 is 2.05 bits per heavy atom. The van der Waals surface area contributed by atoms with E-state index in [1.54, 1.807) is 0 Å². The molecular formula is C17H33N3OS. The minimum atomic E-state index is -0.476. The maximum atomic E-state index is 5.80. The van der Waals surface area contributed by atoms with Gasteiger partial charge >= 0.3 is 0 Å². The Morgan fingerprint density at radius 1 is 1.32 bits per heavy atom. The fraction of sp³-hybridized carbons (Fsp3) is 0.588. The summed E-state index contributed by atoms with van der Waals surface area (Å²) < 4.78 is 7.85. The number of hydrogen-bond acceptors (Lipinski definition) is 3. The lowest BCUT2D eigenvalue weighted by Crippen LogP contribution is -2.11. The Hall–Kier alpha value is -1.04. The zero-order valence-electron chi connectivity index (χ0n) is 14.6. The number of benzene rings is 1. The predicted molar refractivity (Wildman–Crippen MR) is 102 cm³/mol. The van der Waals surface area contributed by atoms with Crippen LogP contribution < -0.4 is 5.73 Å². The van der Waals surface area contributed by atoms with Crippen LogP contribution in [0.25, 0.3) is 11.0 Å². The van der Waals surface area contributed by atoms with Gasteiger partial charge in [0, 0.05) is 13.7 Å². The number of nitrogens with zero attached hydrogens (tertiary/aromatic N) is 2. The summed E-state index contributed by atoms with van der Waals surface area (Å²) in [5.41, 5.74) is 8.83. The Kier molecular flexibility index (Phi) is 7.93. The molecule has 0 fully saturated rings. The van der Waals surface area contributed by atoms with Crippen LogP contribution in [0.3, 0.4) is 0 Å². The second-order valence-corrected chi connectivity index (χ2v) is 10.1. The highest BCUT2D eigenvalue weighted by atomic mass is 32.3. The standard InChI is InChI=1S/C15H25N3OS.C2H6.H2/c1-4-20(2,3)8-7-19-12-18-11-17-14-9-13(10-16)5-6-15(14)18;1-2;/h5-6,9,11H,4,7-8,10,12,16H2,1-3H3;1-2H3;1H. The van der Waals surface area contributed by atoms with Gasteiger partial charge < -0.3 is 15.0 Å². The third-order valence-corrected chi connectivity index (χ3v) is 6.55. The van der Waals surface area contributed by atoms with Crippen molar-refractivity contribution < 1.29 is 6.16 Å². The number of fused-ring (bicyclic) bond motifs is 1. The van der Waals surface area contributed by atoms with Gasteiger partial charge in [0.15, 0.2) is 0 Å². The zero-order valence-corrected chi connectivity index (χ0v) is 15.4. The van der Waals surface area contributed by atoms with E-state index >= 15 is 0 Å².